The van der Waals surface area contributed by atoms with Crippen LogP contribution in [0.5, 0.6) is 0 Å². The molecule has 2 N–H and O–H groups in total. The zero-order valence-corrected chi connectivity index (χ0v) is 48.4. The molecular weight excluding hydrogens is 1010 g/mol. The van der Waals surface area contributed by atoms with Crippen molar-refractivity contribution < 1.29 is 57.2 Å². The van der Waals surface area contributed by atoms with Gasteiger partial charge in [-0.15, -0.1) is 0 Å². The lowest BCUT2D eigenvalue weighted by Gasteiger charge is -2.19. The van der Waals surface area contributed by atoms with Crippen molar-refractivity contribution in [3.05, 3.63) is 106 Å². The van der Waals surface area contributed by atoms with Gasteiger partial charge < -0.3 is 39.2 Å². The minimum absolute atomic E-state index is 0.0199. The first-order chi connectivity index (χ1) is 37.1. The van der Waals surface area contributed by atoms with Crippen molar-refractivity contribution >= 4 is 70.1 Å². The van der Waals surface area contributed by atoms with Crippen molar-refractivity contribution in [2.45, 2.75) is 172 Å². The van der Waals surface area contributed by atoms with Crippen LogP contribution in [0, 0.1) is 16.2 Å². The number of nitrogens with zero attached hydrogens (tertiary/aromatic N) is 4. The van der Waals surface area contributed by atoms with Crippen LogP contribution in [0.1, 0.15) is 155 Å². The fourth-order valence-electron chi connectivity index (χ4n) is 7.45. The molecule has 0 radical (unpaired) electrons. The topological polar surface area (TPSA) is 255 Å². The first-order valence-electron chi connectivity index (χ1n) is 26.4. The second kappa shape index (κ2) is 33.1. The van der Waals surface area contributed by atoms with Gasteiger partial charge in [-0.05, 0) is 92.2 Å². The first-order valence-corrected chi connectivity index (χ1v) is 26.4. The zero-order chi connectivity index (χ0) is 58.7. The second-order valence-electron chi connectivity index (χ2n) is 22.1. The lowest BCUT2D eigenvalue weighted by atomic mass is 9.86. The van der Waals surface area contributed by atoms with Crippen LogP contribution in [0.2, 0.25) is 0 Å². The third-order valence-electron chi connectivity index (χ3n) is 11.4. The zero-order valence-electron chi connectivity index (χ0n) is 48.4. The Morgan fingerprint density at radius 2 is 0.709 bits per heavy atom. The summed E-state index contributed by atoms with van der Waals surface area (Å²) in [6.07, 6.45) is -2.37. The predicted molar refractivity (Wildman–Crippen MR) is 307 cm³/mol. The number of carbonyl (C=O) groups is 6. The van der Waals surface area contributed by atoms with Crippen LogP contribution in [0.3, 0.4) is 0 Å². The summed E-state index contributed by atoms with van der Waals surface area (Å²) in [4.78, 5) is 94.6. The maximum Gasteiger partial charge on any atom is 0.312 e. The summed E-state index contributed by atoms with van der Waals surface area (Å²) in [5.41, 5.74) is 8.40. The Bertz CT molecular complexity index is 2730. The van der Waals surface area contributed by atoms with Gasteiger partial charge in [0, 0.05) is 34.3 Å². The molecule has 0 aliphatic rings. The van der Waals surface area contributed by atoms with Crippen LogP contribution in [0.4, 0.5) is 0 Å². The highest BCUT2D eigenvalue weighted by Crippen LogP contribution is 2.24. The number of ether oxygens (including phenoxy) is 6. The molecule has 3 rings (SSSR count). The Labute approximate surface area is 466 Å². The minimum atomic E-state index is -1.11. The van der Waals surface area contributed by atoms with E-state index in [2.05, 4.69) is 85.8 Å². The molecule has 0 amide bonds. The lowest BCUT2D eigenvalue weighted by molar-refractivity contribution is -0.165. The van der Waals surface area contributed by atoms with Gasteiger partial charge in [0.2, 0.25) is 0 Å². The quantitative estimate of drug-likeness (QED) is 0.0347. The van der Waals surface area contributed by atoms with E-state index in [0.717, 1.165) is 28.7 Å². The molecule has 0 aliphatic heterocycles. The molecule has 18 heteroatoms. The van der Waals surface area contributed by atoms with E-state index in [-0.39, 0.29) is 100 Å². The summed E-state index contributed by atoms with van der Waals surface area (Å²) in [6, 6.07) is 23.8. The molecule has 0 heterocycles. The smallest absolute Gasteiger partial charge is 0.312 e. The summed E-state index contributed by atoms with van der Waals surface area (Å²) in [5, 5.41) is 15.2. The van der Waals surface area contributed by atoms with E-state index in [9.17, 15) is 28.8 Å². The molecule has 0 fully saturated rings. The Hall–Kier alpha value is -7.50. The van der Waals surface area contributed by atoms with Crippen molar-refractivity contribution in [3.63, 3.8) is 0 Å². The number of esters is 6. The molecule has 0 spiro atoms. The fourth-order valence-corrected chi connectivity index (χ4v) is 7.45. The Morgan fingerprint density at radius 1 is 0.418 bits per heavy atom. The predicted octanol–water partition coefficient (Wildman–Crippen LogP) is 10.2. The molecule has 0 saturated carbocycles. The Morgan fingerprint density at radius 3 is 1.04 bits per heavy atom. The van der Waals surface area contributed by atoms with Crippen LogP contribution < -0.4 is 0 Å². The van der Waals surface area contributed by atoms with E-state index >= 15 is 0 Å². The molecule has 79 heavy (non-hydrogen) atoms. The third-order valence-corrected chi connectivity index (χ3v) is 11.4. The van der Waals surface area contributed by atoms with Gasteiger partial charge in [0.15, 0.2) is 12.2 Å². The average Bonchev–Trinajstić information content (AvgIpc) is 3.35. The summed E-state index contributed by atoms with van der Waals surface area (Å²) in [6.45, 7) is 22.4. The fraction of sp³-hybridized carbons (Fsp3) is 0.508. The Kier molecular flexibility index (Phi) is 27.5. The molecule has 18 nitrogen and oxygen atoms in total. The summed E-state index contributed by atoms with van der Waals surface area (Å²) in [7, 11) is 0. The van der Waals surface area contributed by atoms with Crippen molar-refractivity contribution in [3.8, 4) is 0 Å². The number of hydrogen-bond donors (Lipinski definition) is 2. The van der Waals surface area contributed by atoms with Gasteiger partial charge in [-0.1, -0.05) is 114 Å². The van der Waals surface area contributed by atoms with Crippen LogP contribution >= 0.6 is 0 Å². The van der Waals surface area contributed by atoms with Crippen LogP contribution in [-0.2, 0) is 95.2 Å². The van der Waals surface area contributed by atoms with E-state index in [1.807, 2.05) is 48.5 Å². The minimum Gasteiger partial charge on any atom is -0.461 e. The number of nitrogens with one attached hydrogen (secondary N) is 2. The van der Waals surface area contributed by atoms with Gasteiger partial charge in [0.25, 0.3) is 0 Å². The van der Waals surface area contributed by atoms with Gasteiger partial charge in [0.1, 0.15) is 26.4 Å². The van der Waals surface area contributed by atoms with E-state index in [1.54, 1.807) is 27.7 Å². The van der Waals surface area contributed by atoms with Crippen LogP contribution in [0.25, 0.3) is 0 Å². The van der Waals surface area contributed by atoms with Gasteiger partial charge in [0.05, 0.1) is 64.7 Å². The maximum absolute atomic E-state index is 13.1. The SMILES string of the molecule is CC(=N)CC(=O)OCC(COC(=O)C/C(C)=N\Cc1cccc(C(C)(C)C)c1)OC(=O)C/C(C)=N/Cc1cccc(C/N=C(\C)CC(=O)OC(COC(=O)CC(C)=N)COC(=O)C/C(C)=N/Cc2cccc(CC(C)(C)C)c2)c1. The normalized spacial score (nSPS) is 13.2. The van der Waals surface area contributed by atoms with Crippen LogP contribution in [-0.4, -0.2) is 109 Å². The largest absolute Gasteiger partial charge is 0.461 e. The third kappa shape index (κ3) is 29.7. The second-order valence-corrected chi connectivity index (χ2v) is 22.1. The van der Waals surface area contributed by atoms with Crippen LogP contribution in [0.15, 0.2) is 92.8 Å². The summed E-state index contributed by atoms with van der Waals surface area (Å²) >= 11 is 0. The molecule has 0 aliphatic carbocycles. The number of carbonyl (C=O) groups excluding carboxylic acids is 6. The Balaban J connectivity index is 1.55. The van der Waals surface area contributed by atoms with E-state index in [0.29, 0.717) is 35.9 Å². The monoisotopic (exact) mass is 1090 g/mol. The van der Waals surface area contributed by atoms with E-state index < -0.39 is 48.0 Å². The highest BCUT2D eigenvalue weighted by atomic mass is 16.6. The molecule has 0 aromatic heterocycles. The van der Waals surface area contributed by atoms with Crippen molar-refractivity contribution in [2.24, 2.45) is 25.4 Å². The first kappa shape index (κ1) is 65.8. The molecule has 2 unspecified atom stereocenters. The van der Waals surface area contributed by atoms with Crippen molar-refractivity contribution in [2.75, 3.05) is 26.4 Å². The standard InChI is InChI=1S/C61H82N6O12/c1-40(62)22-54(68)74-36-52(38-76-56(70)24-42(3)64-32-47-17-13-16-46(28-47)31-60(7,8)9)78-58(72)26-44(5)65-33-48-18-14-19-49(29-48)34-66-45(6)27-59(73)79-53(37-75-55(69)23-41(2)63)39-77-57(71)25-43(4)67-35-50-20-15-21-51(30-50)61(10,11)12/h13-21,28-30,52-53,62-63H,22-27,31-39H2,1-12H3/b62-40?,63-41?,64-42+,65-44+,66-45+,67-43-. The van der Waals surface area contributed by atoms with Gasteiger partial charge in [-0.2, -0.15) is 0 Å². The highest BCUT2D eigenvalue weighted by molar-refractivity contribution is 6.00. The molecular formula is C61H82N6O12. The lowest BCUT2D eigenvalue weighted by Crippen LogP contribution is -2.31. The molecule has 428 valence electrons. The van der Waals surface area contributed by atoms with E-state index in [4.69, 9.17) is 39.2 Å². The molecule has 0 bridgehead atoms. The number of hydrogen-bond acceptors (Lipinski definition) is 18. The summed E-state index contributed by atoms with van der Waals surface area (Å²) < 4.78 is 32.6. The highest BCUT2D eigenvalue weighted by Gasteiger charge is 2.23. The number of aliphatic imine (C=N–C) groups is 4. The van der Waals surface area contributed by atoms with Gasteiger partial charge >= 0.3 is 35.8 Å². The van der Waals surface area contributed by atoms with Crippen molar-refractivity contribution in [1.29, 1.82) is 10.8 Å². The maximum atomic E-state index is 13.1. The average molecular weight is 1090 g/mol. The molecule has 3 aromatic carbocycles. The van der Waals surface area contributed by atoms with Crippen molar-refractivity contribution in [1.82, 2.24) is 0 Å². The number of rotatable bonds is 31. The molecule has 2 atom stereocenters. The number of benzene rings is 3. The van der Waals surface area contributed by atoms with Gasteiger partial charge in [-0.3, -0.25) is 48.7 Å². The van der Waals surface area contributed by atoms with Gasteiger partial charge in [-0.25, -0.2) is 0 Å². The molecule has 3 aromatic rings. The summed E-state index contributed by atoms with van der Waals surface area (Å²) in [5.74, 6) is -3.92. The molecule has 0 saturated heterocycles. The van der Waals surface area contributed by atoms with E-state index in [1.165, 1.54) is 25.0 Å².